The van der Waals surface area contributed by atoms with Crippen LogP contribution in [0.15, 0.2) is 42.7 Å². The molecule has 0 spiro atoms. The van der Waals surface area contributed by atoms with Crippen LogP contribution in [0, 0.1) is 11.6 Å². The molecule has 0 saturated carbocycles. The minimum Gasteiger partial charge on any atom is -0.348 e. The third-order valence-electron chi connectivity index (χ3n) is 2.36. The number of nitrogens with zero attached hydrogens (tertiary/aromatic N) is 1. The van der Waals surface area contributed by atoms with Crippen LogP contribution in [-0.2, 0) is 6.54 Å². The van der Waals surface area contributed by atoms with E-state index in [2.05, 4.69) is 10.3 Å². The van der Waals surface area contributed by atoms with E-state index in [-0.39, 0.29) is 12.5 Å². The summed E-state index contributed by atoms with van der Waals surface area (Å²) in [6.45, 7) is 0.130. The molecule has 92 valence electrons. The Morgan fingerprint density at radius 2 is 2.06 bits per heavy atom. The summed E-state index contributed by atoms with van der Waals surface area (Å²) >= 11 is 0. The Hall–Kier alpha value is -2.30. The number of benzene rings is 1. The van der Waals surface area contributed by atoms with E-state index in [1.54, 1.807) is 18.3 Å². The largest absolute Gasteiger partial charge is 0.348 e. The Balaban J connectivity index is 1.99. The first-order valence-corrected chi connectivity index (χ1v) is 5.29. The molecule has 2 aromatic rings. The van der Waals surface area contributed by atoms with Gasteiger partial charge in [0.05, 0.1) is 5.56 Å². The Labute approximate surface area is 102 Å². The van der Waals surface area contributed by atoms with Crippen molar-refractivity contribution < 1.29 is 13.6 Å². The van der Waals surface area contributed by atoms with Crippen molar-refractivity contribution in [3.8, 4) is 0 Å². The van der Waals surface area contributed by atoms with E-state index in [1.807, 2.05) is 0 Å². The zero-order valence-electron chi connectivity index (χ0n) is 9.36. The third kappa shape index (κ3) is 2.88. The van der Waals surface area contributed by atoms with Crippen molar-refractivity contribution in [3.63, 3.8) is 0 Å². The summed E-state index contributed by atoms with van der Waals surface area (Å²) < 4.78 is 25.6. The third-order valence-corrected chi connectivity index (χ3v) is 2.36. The molecule has 2 rings (SSSR count). The van der Waals surface area contributed by atoms with Gasteiger partial charge < -0.3 is 5.32 Å². The van der Waals surface area contributed by atoms with E-state index in [1.165, 1.54) is 12.3 Å². The Morgan fingerprint density at radius 3 is 2.72 bits per heavy atom. The van der Waals surface area contributed by atoms with Crippen LogP contribution in [0.25, 0.3) is 0 Å². The van der Waals surface area contributed by atoms with Crippen LogP contribution in [0.1, 0.15) is 15.9 Å². The van der Waals surface area contributed by atoms with E-state index in [4.69, 9.17) is 0 Å². The van der Waals surface area contributed by atoms with Crippen molar-refractivity contribution in [2.45, 2.75) is 6.54 Å². The molecular formula is C13H10F2N2O. The maximum Gasteiger partial charge on any atom is 0.253 e. The van der Waals surface area contributed by atoms with Crippen molar-refractivity contribution in [3.05, 3.63) is 65.5 Å². The minimum absolute atomic E-state index is 0.130. The van der Waals surface area contributed by atoms with Crippen LogP contribution in [0.2, 0.25) is 0 Å². The van der Waals surface area contributed by atoms with Gasteiger partial charge in [0.15, 0.2) is 11.6 Å². The summed E-state index contributed by atoms with van der Waals surface area (Å²) in [6, 6.07) is 6.77. The molecule has 18 heavy (non-hydrogen) atoms. The zero-order chi connectivity index (χ0) is 13.0. The van der Waals surface area contributed by atoms with Gasteiger partial charge in [0.1, 0.15) is 0 Å². The average molecular weight is 248 g/mol. The molecule has 0 unspecified atom stereocenters. The molecule has 0 fully saturated rings. The molecule has 1 N–H and O–H groups in total. The van der Waals surface area contributed by atoms with Crippen LogP contribution in [0.3, 0.4) is 0 Å². The molecule has 1 heterocycles. The van der Waals surface area contributed by atoms with Crippen molar-refractivity contribution in [1.82, 2.24) is 10.3 Å². The van der Waals surface area contributed by atoms with Gasteiger partial charge in [-0.25, -0.2) is 8.78 Å². The molecule has 0 aliphatic heterocycles. The predicted octanol–water partition coefficient (Wildman–Crippen LogP) is 2.29. The second-order valence-electron chi connectivity index (χ2n) is 3.67. The van der Waals surface area contributed by atoms with Gasteiger partial charge in [0.2, 0.25) is 0 Å². The molecule has 0 radical (unpaired) electrons. The number of pyridine rings is 1. The number of rotatable bonds is 3. The quantitative estimate of drug-likeness (QED) is 0.905. The normalized spacial score (nSPS) is 10.1. The average Bonchev–Trinajstić information content (AvgIpc) is 2.41. The van der Waals surface area contributed by atoms with Gasteiger partial charge in [-0.3, -0.25) is 9.78 Å². The van der Waals surface area contributed by atoms with Crippen LogP contribution < -0.4 is 5.32 Å². The van der Waals surface area contributed by atoms with Crippen LogP contribution in [0.5, 0.6) is 0 Å². The highest BCUT2D eigenvalue weighted by molar-refractivity contribution is 5.93. The van der Waals surface area contributed by atoms with Crippen LogP contribution in [0.4, 0.5) is 8.78 Å². The molecule has 1 aromatic heterocycles. The van der Waals surface area contributed by atoms with Crippen molar-refractivity contribution in [2.24, 2.45) is 0 Å². The number of hydrogen-bond acceptors (Lipinski definition) is 2. The van der Waals surface area contributed by atoms with Crippen LogP contribution in [-0.4, -0.2) is 10.9 Å². The molecule has 0 aliphatic carbocycles. The second kappa shape index (κ2) is 5.35. The summed E-state index contributed by atoms with van der Waals surface area (Å²) in [6.07, 6.45) is 2.99. The number of amides is 1. The summed E-state index contributed by atoms with van der Waals surface area (Å²) in [5.74, 6) is -2.15. The lowest BCUT2D eigenvalue weighted by Crippen LogP contribution is -2.22. The fourth-order valence-electron chi connectivity index (χ4n) is 1.43. The highest BCUT2D eigenvalue weighted by Gasteiger charge is 2.06. The molecule has 3 nitrogen and oxygen atoms in total. The first kappa shape index (κ1) is 12.2. The number of carbonyl (C=O) groups excluding carboxylic acids is 1. The minimum atomic E-state index is -0.928. The molecular weight excluding hydrogens is 238 g/mol. The van der Waals surface area contributed by atoms with Gasteiger partial charge in [0, 0.05) is 18.9 Å². The SMILES string of the molecule is O=C(NCc1ccc(F)c(F)c1)c1cccnc1. The molecule has 0 atom stereocenters. The number of nitrogens with one attached hydrogen (secondary N) is 1. The maximum absolute atomic E-state index is 12.9. The standard InChI is InChI=1S/C13H10F2N2O/c14-11-4-3-9(6-12(11)15)7-17-13(18)10-2-1-5-16-8-10/h1-6,8H,7H2,(H,17,18). The highest BCUT2D eigenvalue weighted by atomic mass is 19.2. The molecule has 1 amide bonds. The van der Waals surface area contributed by atoms with E-state index in [0.717, 1.165) is 12.1 Å². The molecule has 5 heteroatoms. The van der Waals surface area contributed by atoms with Gasteiger partial charge in [-0.15, -0.1) is 0 Å². The smallest absolute Gasteiger partial charge is 0.253 e. The van der Waals surface area contributed by atoms with Crippen molar-refractivity contribution >= 4 is 5.91 Å². The van der Waals surface area contributed by atoms with Crippen molar-refractivity contribution in [2.75, 3.05) is 0 Å². The van der Waals surface area contributed by atoms with E-state index < -0.39 is 11.6 Å². The van der Waals surface area contributed by atoms with Crippen LogP contribution >= 0.6 is 0 Å². The monoisotopic (exact) mass is 248 g/mol. The van der Waals surface area contributed by atoms with E-state index in [0.29, 0.717) is 11.1 Å². The van der Waals surface area contributed by atoms with Gasteiger partial charge in [-0.1, -0.05) is 6.07 Å². The fourth-order valence-corrected chi connectivity index (χ4v) is 1.43. The number of carbonyl (C=O) groups is 1. The lowest BCUT2D eigenvalue weighted by atomic mass is 10.2. The van der Waals surface area contributed by atoms with Gasteiger partial charge >= 0.3 is 0 Å². The van der Waals surface area contributed by atoms with Gasteiger partial charge in [-0.05, 0) is 29.8 Å². The lowest BCUT2D eigenvalue weighted by Gasteiger charge is -2.05. The highest BCUT2D eigenvalue weighted by Crippen LogP contribution is 2.08. The van der Waals surface area contributed by atoms with Gasteiger partial charge in [-0.2, -0.15) is 0 Å². The molecule has 0 saturated heterocycles. The fraction of sp³-hybridized carbons (Fsp3) is 0.0769. The Morgan fingerprint density at radius 1 is 1.22 bits per heavy atom. The zero-order valence-corrected chi connectivity index (χ0v) is 9.36. The van der Waals surface area contributed by atoms with E-state index in [9.17, 15) is 13.6 Å². The lowest BCUT2D eigenvalue weighted by molar-refractivity contribution is 0.0950. The van der Waals surface area contributed by atoms with Crippen molar-refractivity contribution in [1.29, 1.82) is 0 Å². The second-order valence-corrected chi connectivity index (χ2v) is 3.67. The summed E-state index contributed by atoms with van der Waals surface area (Å²) in [5.41, 5.74) is 0.909. The Kier molecular flexibility index (Phi) is 3.62. The first-order chi connectivity index (χ1) is 8.66. The first-order valence-electron chi connectivity index (χ1n) is 5.29. The number of hydrogen-bond donors (Lipinski definition) is 1. The molecule has 0 bridgehead atoms. The summed E-state index contributed by atoms with van der Waals surface area (Å²) in [7, 11) is 0. The Bertz CT molecular complexity index is 558. The van der Waals surface area contributed by atoms with E-state index >= 15 is 0 Å². The molecule has 0 aliphatic rings. The van der Waals surface area contributed by atoms with Gasteiger partial charge in [0.25, 0.3) is 5.91 Å². The summed E-state index contributed by atoms with van der Waals surface area (Å²) in [4.78, 5) is 15.5. The molecule has 1 aromatic carbocycles. The number of halogens is 2. The maximum atomic E-state index is 12.9. The predicted molar refractivity (Wildman–Crippen MR) is 61.8 cm³/mol. The number of aromatic nitrogens is 1. The topological polar surface area (TPSA) is 42.0 Å². The summed E-state index contributed by atoms with van der Waals surface area (Å²) in [5, 5.41) is 2.59.